The van der Waals surface area contributed by atoms with Crippen LogP contribution < -0.4 is 5.73 Å². The molecule has 2 aromatic carbocycles. The Labute approximate surface area is 162 Å². The third-order valence-electron chi connectivity index (χ3n) is 5.29. The minimum absolute atomic E-state index is 0.0170. The van der Waals surface area contributed by atoms with E-state index in [1.807, 2.05) is 66.7 Å². The number of likely N-dealkylation sites (tertiary alicyclic amines) is 1. The van der Waals surface area contributed by atoms with Gasteiger partial charge in [0.25, 0.3) is 0 Å². The molecule has 3 aromatic rings. The number of benzene rings is 2. The number of hydrogen-bond acceptors (Lipinski definition) is 4. The van der Waals surface area contributed by atoms with Gasteiger partial charge < -0.3 is 15.7 Å². The number of likely N-dealkylation sites (N-methyl/N-ethyl adjacent to an activating group) is 1. The highest BCUT2D eigenvalue weighted by Crippen LogP contribution is 2.42. The molecule has 1 aromatic heterocycles. The van der Waals surface area contributed by atoms with E-state index in [4.69, 9.17) is 5.73 Å². The van der Waals surface area contributed by atoms with Crippen LogP contribution in [0.25, 0.3) is 10.4 Å². The Morgan fingerprint density at radius 3 is 2.63 bits per heavy atom. The molecule has 138 valence electrons. The van der Waals surface area contributed by atoms with Gasteiger partial charge in [-0.2, -0.15) is 0 Å². The quantitative estimate of drug-likeness (QED) is 0.673. The topological polar surface area (TPSA) is 66.6 Å². The molecule has 5 heteroatoms. The van der Waals surface area contributed by atoms with Crippen molar-refractivity contribution < 1.29 is 9.90 Å². The molecule has 0 radical (unpaired) electrons. The molecule has 0 bridgehead atoms. The van der Waals surface area contributed by atoms with Crippen LogP contribution in [0, 0.1) is 0 Å². The van der Waals surface area contributed by atoms with Gasteiger partial charge in [-0.1, -0.05) is 42.5 Å². The van der Waals surface area contributed by atoms with E-state index in [0.717, 1.165) is 20.9 Å². The first-order valence-corrected chi connectivity index (χ1v) is 9.80. The zero-order valence-electron chi connectivity index (χ0n) is 15.1. The zero-order valence-corrected chi connectivity index (χ0v) is 15.9. The Morgan fingerprint density at radius 2 is 1.89 bits per heavy atom. The van der Waals surface area contributed by atoms with Gasteiger partial charge in [0.2, 0.25) is 5.91 Å². The third kappa shape index (κ3) is 3.36. The number of anilines is 1. The van der Waals surface area contributed by atoms with Crippen molar-refractivity contribution in [3.05, 3.63) is 77.2 Å². The van der Waals surface area contributed by atoms with E-state index in [-0.39, 0.29) is 17.9 Å². The zero-order chi connectivity index (χ0) is 19.0. The molecule has 0 spiro atoms. The second-order valence-electron chi connectivity index (χ2n) is 6.99. The largest absolute Gasteiger partial charge is 0.399 e. The van der Waals surface area contributed by atoms with Gasteiger partial charge >= 0.3 is 0 Å². The predicted molar refractivity (Wildman–Crippen MR) is 109 cm³/mol. The van der Waals surface area contributed by atoms with Gasteiger partial charge in [0.05, 0.1) is 6.04 Å². The van der Waals surface area contributed by atoms with Gasteiger partial charge in [0.15, 0.2) is 0 Å². The van der Waals surface area contributed by atoms with E-state index in [1.165, 1.54) is 0 Å². The first kappa shape index (κ1) is 17.8. The van der Waals surface area contributed by atoms with Crippen LogP contribution in [0.2, 0.25) is 0 Å². The molecule has 4 nitrogen and oxygen atoms in total. The number of nitrogens with zero attached hydrogens (tertiary/aromatic N) is 1. The highest BCUT2D eigenvalue weighted by atomic mass is 32.1. The number of aliphatic hydroxyl groups is 1. The molecular weight excluding hydrogens is 356 g/mol. The number of nitrogens with two attached hydrogens (primary N) is 1. The molecule has 1 unspecified atom stereocenters. The number of rotatable bonds is 4. The maximum Gasteiger partial charge on any atom is 0.223 e. The predicted octanol–water partition coefficient (Wildman–Crippen LogP) is 4.05. The van der Waals surface area contributed by atoms with Gasteiger partial charge in [0.1, 0.15) is 6.10 Å². The fourth-order valence-electron chi connectivity index (χ4n) is 3.86. The smallest absolute Gasteiger partial charge is 0.223 e. The fraction of sp³-hybridized carbons (Fsp3) is 0.227. The monoisotopic (exact) mass is 378 g/mol. The van der Waals surface area contributed by atoms with Crippen LogP contribution in [0.15, 0.2) is 66.7 Å². The summed E-state index contributed by atoms with van der Waals surface area (Å²) in [6, 6.07) is 21.4. The second kappa shape index (κ2) is 7.18. The molecule has 3 N–H and O–H groups in total. The van der Waals surface area contributed by atoms with Crippen molar-refractivity contribution in [1.29, 1.82) is 0 Å². The summed E-state index contributed by atoms with van der Waals surface area (Å²) < 4.78 is 0. The SMILES string of the molecule is CN1C(=O)C[C@H](c2ccccc2)[C@@H]1C(O)c1ccc(-c2cccc(N)c2)s1. The summed E-state index contributed by atoms with van der Waals surface area (Å²) in [6.07, 6.45) is -0.304. The highest BCUT2D eigenvalue weighted by Gasteiger charge is 2.43. The second-order valence-corrected chi connectivity index (χ2v) is 8.10. The summed E-state index contributed by atoms with van der Waals surface area (Å²) in [5.41, 5.74) is 8.73. The molecule has 1 saturated heterocycles. The Morgan fingerprint density at radius 1 is 1.11 bits per heavy atom. The third-order valence-corrected chi connectivity index (χ3v) is 6.49. The Balaban J connectivity index is 1.65. The number of carbonyl (C=O) groups excluding carboxylic acids is 1. The van der Waals surface area contributed by atoms with Crippen molar-refractivity contribution in [2.45, 2.75) is 24.5 Å². The lowest BCUT2D eigenvalue weighted by Gasteiger charge is -2.29. The molecule has 1 aliphatic heterocycles. The van der Waals surface area contributed by atoms with Crippen molar-refractivity contribution in [3.63, 3.8) is 0 Å². The number of amides is 1. The number of aliphatic hydroxyl groups excluding tert-OH is 1. The molecule has 1 aliphatic rings. The van der Waals surface area contributed by atoms with Crippen LogP contribution in [0.1, 0.15) is 28.9 Å². The number of thiophene rings is 1. The number of carbonyl (C=O) groups is 1. The van der Waals surface area contributed by atoms with E-state index in [9.17, 15) is 9.90 Å². The molecule has 27 heavy (non-hydrogen) atoms. The first-order chi connectivity index (χ1) is 13.0. The van der Waals surface area contributed by atoms with Crippen molar-refractivity contribution in [2.24, 2.45) is 0 Å². The summed E-state index contributed by atoms with van der Waals surface area (Å²) in [5, 5.41) is 11.1. The standard InChI is InChI=1S/C22H22N2O2S/c1-24-20(25)13-17(14-6-3-2-4-7-14)21(24)22(26)19-11-10-18(27-19)15-8-5-9-16(23)12-15/h2-12,17,21-22,26H,13,23H2,1H3/t17-,21-,22?/m1/s1. The Bertz CT molecular complexity index is 954. The van der Waals surface area contributed by atoms with Crippen molar-refractivity contribution in [1.82, 2.24) is 4.90 Å². The molecule has 1 amide bonds. The summed E-state index contributed by atoms with van der Waals surface area (Å²) in [4.78, 5) is 16.0. The first-order valence-electron chi connectivity index (χ1n) is 8.99. The maximum absolute atomic E-state index is 12.4. The minimum atomic E-state index is -0.730. The van der Waals surface area contributed by atoms with Gasteiger partial charge in [-0.05, 0) is 35.4 Å². The van der Waals surface area contributed by atoms with Gasteiger partial charge in [0, 0.05) is 34.8 Å². The Kier molecular flexibility index (Phi) is 4.72. The summed E-state index contributed by atoms with van der Waals surface area (Å²) in [5.74, 6) is 0.0529. The van der Waals surface area contributed by atoms with E-state index in [1.54, 1.807) is 23.3 Å². The van der Waals surface area contributed by atoms with Crippen molar-refractivity contribution in [2.75, 3.05) is 12.8 Å². The van der Waals surface area contributed by atoms with E-state index < -0.39 is 6.10 Å². The minimum Gasteiger partial charge on any atom is -0.399 e. The summed E-state index contributed by atoms with van der Waals surface area (Å²) in [6.45, 7) is 0. The van der Waals surface area contributed by atoms with Gasteiger partial charge in [-0.3, -0.25) is 4.79 Å². The van der Waals surface area contributed by atoms with E-state index in [2.05, 4.69) is 0 Å². The lowest BCUT2D eigenvalue weighted by molar-refractivity contribution is -0.128. The molecule has 4 rings (SSSR count). The molecule has 0 saturated carbocycles. The lowest BCUT2D eigenvalue weighted by Crippen LogP contribution is -2.36. The van der Waals surface area contributed by atoms with Crippen LogP contribution in [-0.2, 0) is 4.79 Å². The molecular formula is C22H22N2O2S. The van der Waals surface area contributed by atoms with Crippen molar-refractivity contribution >= 4 is 22.9 Å². The van der Waals surface area contributed by atoms with Crippen molar-refractivity contribution in [3.8, 4) is 10.4 Å². The molecule has 0 aliphatic carbocycles. The lowest BCUT2D eigenvalue weighted by atomic mass is 9.88. The van der Waals surface area contributed by atoms with Gasteiger partial charge in [-0.25, -0.2) is 0 Å². The summed E-state index contributed by atoms with van der Waals surface area (Å²) >= 11 is 1.55. The van der Waals surface area contributed by atoms with Crippen LogP contribution >= 0.6 is 11.3 Å². The van der Waals surface area contributed by atoms with Gasteiger partial charge in [-0.15, -0.1) is 11.3 Å². The highest BCUT2D eigenvalue weighted by molar-refractivity contribution is 7.15. The summed E-state index contributed by atoms with van der Waals surface area (Å²) in [7, 11) is 1.78. The van der Waals surface area contributed by atoms with Crippen LogP contribution in [-0.4, -0.2) is 29.0 Å². The van der Waals surface area contributed by atoms with E-state index in [0.29, 0.717) is 12.1 Å². The maximum atomic E-state index is 12.4. The fourth-order valence-corrected chi connectivity index (χ4v) is 4.89. The number of nitrogen functional groups attached to an aromatic ring is 1. The number of hydrogen-bond donors (Lipinski definition) is 2. The normalized spacial score (nSPS) is 20.8. The van der Waals surface area contributed by atoms with Crippen LogP contribution in [0.3, 0.4) is 0 Å². The Hall–Kier alpha value is -2.63. The van der Waals surface area contributed by atoms with Crippen LogP contribution in [0.4, 0.5) is 5.69 Å². The van der Waals surface area contributed by atoms with E-state index >= 15 is 0 Å². The average molecular weight is 378 g/mol. The molecule has 1 fully saturated rings. The van der Waals surface area contributed by atoms with Crippen LogP contribution in [0.5, 0.6) is 0 Å². The molecule has 2 heterocycles. The molecule has 3 atom stereocenters. The average Bonchev–Trinajstić information content (AvgIpc) is 3.28.